The molecule has 1 aliphatic rings. The number of aromatic nitrogens is 2. The van der Waals surface area contributed by atoms with Gasteiger partial charge in [-0.25, -0.2) is 4.98 Å². The van der Waals surface area contributed by atoms with Gasteiger partial charge in [0.25, 0.3) is 5.91 Å². The third kappa shape index (κ3) is 2.46. The van der Waals surface area contributed by atoms with Crippen molar-refractivity contribution in [1.82, 2.24) is 14.5 Å². The molecule has 1 aliphatic heterocycles. The Balaban J connectivity index is 1.75. The van der Waals surface area contributed by atoms with Crippen LogP contribution in [0.3, 0.4) is 0 Å². The molecule has 2 N–H and O–H groups in total. The number of fused-ring (bicyclic) bond motifs is 1. The average molecular weight is 286 g/mol. The van der Waals surface area contributed by atoms with Gasteiger partial charge in [-0.2, -0.15) is 0 Å². The maximum atomic E-state index is 12.4. The molecule has 102 valence electrons. The zero-order valence-electron chi connectivity index (χ0n) is 10.9. The molecule has 2 aromatic heterocycles. The van der Waals surface area contributed by atoms with Crippen molar-refractivity contribution in [3.63, 3.8) is 0 Å². The summed E-state index contributed by atoms with van der Waals surface area (Å²) in [5, 5.41) is 0. The summed E-state index contributed by atoms with van der Waals surface area (Å²) in [7, 11) is 0. The lowest BCUT2D eigenvalue weighted by Crippen LogP contribution is -2.37. The lowest BCUT2D eigenvalue weighted by molar-refractivity contribution is 0.0712. The number of hydrogen-bond donors (Lipinski definition) is 1. The zero-order valence-corrected chi connectivity index (χ0v) is 11.7. The predicted molar refractivity (Wildman–Crippen MR) is 77.2 cm³/mol. The van der Waals surface area contributed by atoms with Gasteiger partial charge in [0.2, 0.25) is 0 Å². The summed E-state index contributed by atoms with van der Waals surface area (Å²) in [4.78, 5) is 20.1. The molecular formula is C14H14N4OS. The van der Waals surface area contributed by atoms with Crippen molar-refractivity contribution in [3.05, 3.63) is 40.1 Å². The van der Waals surface area contributed by atoms with Crippen LogP contribution in [0.1, 0.15) is 20.4 Å². The molecule has 0 saturated carbocycles. The standard InChI is InChI=1S/C14H14N4OS/c15-5-1-2-11-3-4-12(20-11)14(19)18-9-8-17-7-6-16-13(17)10-18/h3-4,6-7H,5,8-10,15H2. The number of amides is 1. The molecule has 6 heteroatoms. The molecule has 0 fully saturated rings. The molecule has 5 nitrogen and oxygen atoms in total. The summed E-state index contributed by atoms with van der Waals surface area (Å²) in [6.07, 6.45) is 3.72. The summed E-state index contributed by atoms with van der Waals surface area (Å²) in [5.74, 6) is 6.73. The van der Waals surface area contributed by atoms with Crippen molar-refractivity contribution in [2.45, 2.75) is 13.1 Å². The Morgan fingerprint density at radius 1 is 1.45 bits per heavy atom. The summed E-state index contributed by atoms with van der Waals surface area (Å²) < 4.78 is 2.08. The molecule has 0 atom stereocenters. The van der Waals surface area contributed by atoms with E-state index < -0.39 is 0 Å². The van der Waals surface area contributed by atoms with Crippen LogP contribution in [-0.2, 0) is 13.1 Å². The lowest BCUT2D eigenvalue weighted by atomic mass is 10.3. The van der Waals surface area contributed by atoms with E-state index in [1.54, 1.807) is 6.20 Å². The highest BCUT2D eigenvalue weighted by molar-refractivity contribution is 7.14. The van der Waals surface area contributed by atoms with Crippen molar-refractivity contribution in [2.75, 3.05) is 13.1 Å². The molecule has 0 aliphatic carbocycles. The first-order valence-electron chi connectivity index (χ1n) is 6.36. The number of carbonyl (C=O) groups is 1. The van der Waals surface area contributed by atoms with E-state index in [1.807, 2.05) is 23.2 Å². The fraction of sp³-hybridized carbons (Fsp3) is 0.286. The van der Waals surface area contributed by atoms with Crippen LogP contribution in [0, 0.1) is 11.8 Å². The molecule has 0 saturated heterocycles. The van der Waals surface area contributed by atoms with Gasteiger partial charge in [0.15, 0.2) is 0 Å². The Morgan fingerprint density at radius 3 is 3.20 bits per heavy atom. The second kappa shape index (κ2) is 5.49. The van der Waals surface area contributed by atoms with Crippen LogP contribution in [0.5, 0.6) is 0 Å². The summed E-state index contributed by atoms with van der Waals surface area (Å²) in [6.45, 7) is 2.40. The fourth-order valence-corrected chi connectivity index (χ4v) is 3.01. The van der Waals surface area contributed by atoms with Crippen LogP contribution in [0.15, 0.2) is 24.5 Å². The maximum Gasteiger partial charge on any atom is 0.264 e. The highest BCUT2D eigenvalue weighted by atomic mass is 32.1. The first-order valence-corrected chi connectivity index (χ1v) is 7.17. The van der Waals surface area contributed by atoms with E-state index in [4.69, 9.17) is 5.73 Å². The van der Waals surface area contributed by atoms with E-state index in [0.717, 1.165) is 17.2 Å². The minimum Gasteiger partial charge on any atom is -0.332 e. The van der Waals surface area contributed by atoms with Crippen molar-refractivity contribution in [1.29, 1.82) is 0 Å². The molecule has 0 radical (unpaired) electrons. The van der Waals surface area contributed by atoms with Crippen LogP contribution < -0.4 is 5.73 Å². The Morgan fingerprint density at radius 2 is 2.35 bits per heavy atom. The van der Waals surface area contributed by atoms with E-state index in [2.05, 4.69) is 21.4 Å². The van der Waals surface area contributed by atoms with Gasteiger partial charge in [-0.3, -0.25) is 4.79 Å². The molecule has 0 aromatic carbocycles. The molecule has 2 aromatic rings. The SMILES string of the molecule is NCC#Cc1ccc(C(=O)N2CCn3ccnc3C2)s1. The van der Waals surface area contributed by atoms with Crippen molar-refractivity contribution in [3.8, 4) is 11.8 Å². The number of nitrogens with two attached hydrogens (primary N) is 1. The highest BCUT2D eigenvalue weighted by Gasteiger charge is 2.23. The second-order valence-corrected chi connectivity index (χ2v) is 5.52. The lowest BCUT2D eigenvalue weighted by Gasteiger charge is -2.27. The third-order valence-electron chi connectivity index (χ3n) is 3.16. The largest absolute Gasteiger partial charge is 0.332 e. The number of nitrogens with zero attached hydrogens (tertiary/aromatic N) is 3. The highest BCUT2D eigenvalue weighted by Crippen LogP contribution is 2.20. The third-order valence-corrected chi connectivity index (χ3v) is 4.15. The Labute approximate surface area is 121 Å². The average Bonchev–Trinajstić information content (AvgIpc) is 3.12. The van der Waals surface area contributed by atoms with Gasteiger partial charge >= 0.3 is 0 Å². The minimum absolute atomic E-state index is 0.0463. The first kappa shape index (κ1) is 12.9. The number of rotatable bonds is 1. The smallest absolute Gasteiger partial charge is 0.264 e. The second-order valence-electron chi connectivity index (χ2n) is 4.43. The van der Waals surface area contributed by atoms with Crippen LogP contribution >= 0.6 is 11.3 Å². The van der Waals surface area contributed by atoms with Gasteiger partial charge in [0.1, 0.15) is 5.82 Å². The molecular weight excluding hydrogens is 272 g/mol. The van der Waals surface area contributed by atoms with Gasteiger partial charge in [0, 0.05) is 25.5 Å². The Hall–Kier alpha value is -2.10. The normalized spacial score (nSPS) is 13.6. The number of thiophene rings is 1. The monoisotopic (exact) mass is 286 g/mol. The first-order chi connectivity index (χ1) is 9.78. The zero-order chi connectivity index (χ0) is 13.9. The van der Waals surface area contributed by atoms with E-state index >= 15 is 0 Å². The quantitative estimate of drug-likeness (QED) is 0.793. The van der Waals surface area contributed by atoms with Gasteiger partial charge in [-0.15, -0.1) is 11.3 Å². The summed E-state index contributed by atoms with van der Waals surface area (Å²) >= 11 is 1.41. The Kier molecular flexibility index (Phi) is 3.54. The van der Waals surface area contributed by atoms with Gasteiger partial charge < -0.3 is 15.2 Å². The molecule has 20 heavy (non-hydrogen) atoms. The molecule has 3 rings (SSSR count). The van der Waals surface area contributed by atoms with Crippen LogP contribution in [0.2, 0.25) is 0 Å². The molecule has 0 spiro atoms. The predicted octanol–water partition coefficient (Wildman–Crippen LogP) is 0.911. The van der Waals surface area contributed by atoms with Gasteiger partial charge in [-0.05, 0) is 12.1 Å². The molecule has 0 bridgehead atoms. The maximum absolute atomic E-state index is 12.4. The topological polar surface area (TPSA) is 64.2 Å². The number of imidazole rings is 1. The summed E-state index contributed by atoms with van der Waals surface area (Å²) in [6, 6.07) is 3.69. The van der Waals surface area contributed by atoms with E-state index in [-0.39, 0.29) is 5.91 Å². The number of carbonyl (C=O) groups excluding carboxylic acids is 1. The van der Waals surface area contributed by atoms with Crippen LogP contribution in [0.4, 0.5) is 0 Å². The van der Waals surface area contributed by atoms with Crippen LogP contribution in [0.25, 0.3) is 0 Å². The molecule has 0 unspecified atom stereocenters. The molecule has 3 heterocycles. The van der Waals surface area contributed by atoms with E-state index in [9.17, 15) is 4.79 Å². The summed E-state index contributed by atoms with van der Waals surface area (Å²) in [5.41, 5.74) is 5.34. The fourth-order valence-electron chi connectivity index (χ4n) is 2.16. The Bertz CT molecular complexity index is 691. The number of hydrogen-bond acceptors (Lipinski definition) is 4. The van der Waals surface area contributed by atoms with Crippen LogP contribution in [-0.4, -0.2) is 33.4 Å². The van der Waals surface area contributed by atoms with Crippen molar-refractivity contribution >= 4 is 17.2 Å². The minimum atomic E-state index is 0.0463. The van der Waals surface area contributed by atoms with Crippen molar-refractivity contribution in [2.24, 2.45) is 5.73 Å². The van der Waals surface area contributed by atoms with Gasteiger partial charge in [0.05, 0.1) is 22.8 Å². The van der Waals surface area contributed by atoms with E-state index in [1.165, 1.54) is 11.3 Å². The van der Waals surface area contributed by atoms with Crippen molar-refractivity contribution < 1.29 is 4.79 Å². The van der Waals surface area contributed by atoms with Gasteiger partial charge in [-0.1, -0.05) is 11.8 Å². The molecule has 1 amide bonds. The van der Waals surface area contributed by atoms with E-state index in [0.29, 0.717) is 24.5 Å².